The molecule has 3 rings (SSSR count). The minimum absolute atomic E-state index is 0.181. The molecule has 0 aliphatic rings. The van der Waals surface area contributed by atoms with E-state index in [9.17, 15) is 14.4 Å². The molecule has 0 spiro atoms. The number of aryl methyl sites for hydroxylation is 1. The molecule has 2 amide bonds. The van der Waals surface area contributed by atoms with Crippen molar-refractivity contribution in [2.45, 2.75) is 30.8 Å². The standard InChI is InChI=1S/C21H21N3O4S/c1-13-8-10-15(11-9-13)12-24-19(26)16-6-4-5-7-17(16)22-20(24)29-14(2)18(25)23-21(27)28-3/h4-11,14H,12H2,1-3H3,(H,23,25,27)/t14-/m1/s1. The van der Waals surface area contributed by atoms with E-state index < -0.39 is 17.3 Å². The van der Waals surface area contributed by atoms with Gasteiger partial charge in [-0.2, -0.15) is 0 Å². The zero-order chi connectivity index (χ0) is 21.0. The Morgan fingerprint density at radius 1 is 1.17 bits per heavy atom. The SMILES string of the molecule is COC(=O)NC(=O)[C@@H](C)Sc1nc2ccccc2c(=O)n1Cc1ccc(C)cc1. The monoisotopic (exact) mass is 411 g/mol. The largest absolute Gasteiger partial charge is 0.453 e. The number of methoxy groups -OCH3 is 1. The Hall–Kier alpha value is -3.13. The summed E-state index contributed by atoms with van der Waals surface area (Å²) in [6.07, 6.45) is -0.828. The summed E-state index contributed by atoms with van der Waals surface area (Å²) >= 11 is 1.11. The van der Waals surface area contributed by atoms with Gasteiger partial charge in [0, 0.05) is 0 Å². The van der Waals surface area contributed by atoms with Crippen molar-refractivity contribution in [3.8, 4) is 0 Å². The molecule has 8 heteroatoms. The van der Waals surface area contributed by atoms with E-state index in [0.717, 1.165) is 22.9 Å². The number of carbonyl (C=O) groups excluding carboxylic acids is 2. The quantitative estimate of drug-likeness (QED) is 0.512. The van der Waals surface area contributed by atoms with Crippen molar-refractivity contribution in [3.63, 3.8) is 0 Å². The summed E-state index contributed by atoms with van der Waals surface area (Å²) in [7, 11) is 1.19. The molecular formula is C21H21N3O4S. The number of aromatic nitrogens is 2. The van der Waals surface area contributed by atoms with Gasteiger partial charge in [0.2, 0.25) is 5.91 Å². The lowest BCUT2D eigenvalue weighted by Crippen LogP contribution is -2.36. The molecule has 29 heavy (non-hydrogen) atoms. The van der Waals surface area contributed by atoms with Crippen LogP contribution in [0.5, 0.6) is 0 Å². The van der Waals surface area contributed by atoms with Crippen LogP contribution in [0.15, 0.2) is 58.5 Å². The third-order valence-electron chi connectivity index (χ3n) is 4.35. The molecule has 0 radical (unpaired) electrons. The van der Waals surface area contributed by atoms with Crippen LogP contribution < -0.4 is 10.9 Å². The topological polar surface area (TPSA) is 90.3 Å². The van der Waals surface area contributed by atoms with Crippen LogP contribution in [0.1, 0.15) is 18.1 Å². The maximum Gasteiger partial charge on any atom is 0.413 e. The molecule has 7 nitrogen and oxygen atoms in total. The Balaban J connectivity index is 1.99. The van der Waals surface area contributed by atoms with Gasteiger partial charge in [-0.1, -0.05) is 53.7 Å². The Morgan fingerprint density at radius 3 is 2.55 bits per heavy atom. The van der Waals surface area contributed by atoms with Crippen LogP contribution in [-0.4, -0.2) is 33.9 Å². The number of ether oxygens (including phenoxy) is 1. The highest BCUT2D eigenvalue weighted by Gasteiger charge is 2.21. The molecule has 3 aromatic rings. The lowest BCUT2D eigenvalue weighted by molar-refractivity contribution is -0.119. The van der Waals surface area contributed by atoms with Crippen molar-refractivity contribution in [1.82, 2.24) is 14.9 Å². The van der Waals surface area contributed by atoms with Crippen molar-refractivity contribution in [3.05, 3.63) is 70.0 Å². The van der Waals surface area contributed by atoms with E-state index in [1.54, 1.807) is 35.8 Å². The first-order chi connectivity index (χ1) is 13.9. The van der Waals surface area contributed by atoms with Crippen LogP contribution in [0.4, 0.5) is 4.79 Å². The number of hydrogen-bond acceptors (Lipinski definition) is 6. The third kappa shape index (κ3) is 4.83. The summed E-state index contributed by atoms with van der Waals surface area (Å²) in [5.74, 6) is -0.522. The minimum atomic E-state index is -0.828. The highest BCUT2D eigenvalue weighted by atomic mass is 32.2. The molecule has 1 atom stereocenters. The van der Waals surface area contributed by atoms with Gasteiger partial charge in [0.25, 0.3) is 5.56 Å². The number of benzene rings is 2. The van der Waals surface area contributed by atoms with Gasteiger partial charge in [-0.25, -0.2) is 9.78 Å². The van der Waals surface area contributed by atoms with Gasteiger partial charge in [0.1, 0.15) is 0 Å². The van der Waals surface area contributed by atoms with Crippen LogP contribution in [0.3, 0.4) is 0 Å². The second-order valence-electron chi connectivity index (χ2n) is 6.53. The summed E-state index contributed by atoms with van der Waals surface area (Å²) < 4.78 is 6.01. The number of rotatable bonds is 5. The minimum Gasteiger partial charge on any atom is -0.453 e. The van der Waals surface area contributed by atoms with E-state index in [-0.39, 0.29) is 5.56 Å². The van der Waals surface area contributed by atoms with Crippen LogP contribution in [0.25, 0.3) is 10.9 Å². The lowest BCUT2D eigenvalue weighted by atomic mass is 10.1. The van der Waals surface area contributed by atoms with Crippen molar-refractivity contribution >= 4 is 34.7 Å². The average Bonchev–Trinajstić information content (AvgIpc) is 2.72. The Bertz CT molecular complexity index is 1110. The van der Waals surface area contributed by atoms with Gasteiger partial charge in [0.05, 0.1) is 29.8 Å². The molecule has 1 N–H and O–H groups in total. The maximum atomic E-state index is 13.1. The van der Waals surface area contributed by atoms with Crippen LogP contribution in [0, 0.1) is 6.92 Å². The first-order valence-electron chi connectivity index (χ1n) is 8.99. The number of para-hydroxylation sites is 1. The number of imide groups is 1. The number of carbonyl (C=O) groups is 2. The summed E-state index contributed by atoms with van der Waals surface area (Å²) in [5, 5.41) is 2.39. The van der Waals surface area contributed by atoms with Gasteiger partial charge in [-0.15, -0.1) is 0 Å². The van der Waals surface area contributed by atoms with Crippen molar-refractivity contribution in [2.24, 2.45) is 0 Å². The number of alkyl carbamates (subject to hydrolysis) is 1. The molecule has 0 bridgehead atoms. The van der Waals surface area contributed by atoms with E-state index in [2.05, 4.69) is 15.0 Å². The molecule has 1 aromatic heterocycles. The van der Waals surface area contributed by atoms with E-state index in [0.29, 0.717) is 22.6 Å². The molecule has 0 aliphatic carbocycles. The van der Waals surface area contributed by atoms with Gasteiger partial charge >= 0.3 is 6.09 Å². The first kappa shape index (κ1) is 20.6. The second kappa shape index (κ2) is 8.91. The molecular weight excluding hydrogens is 390 g/mol. The van der Waals surface area contributed by atoms with E-state index >= 15 is 0 Å². The molecule has 0 saturated heterocycles. The Labute approximate surface area is 172 Å². The predicted octanol–water partition coefficient (Wildman–Crippen LogP) is 3.12. The molecule has 0 unspecified atom stereocenters. The Morgan fingerprint density at radius 2 is 1.86 bits per heavy atom. The lowest BCUT2D eigenvalue weighted by Gasteiger charge is -2.16. The van der Waals surface area contributed by atoms with Crippen LogP contribution >= 0.6 is 11.8 Å². The zero-order valence-corrected chi connectivity index (χ0v) is 17.2. The normalized spacial score (nSPS) is 11.8. The average molecular weight is 411 g/mol. The molecule has 0 aliphatic heterocycles. The fourth-order valence-electron chi connectivity index (χ4n) is 2.72. The van der Waals surface area contributed by atoms with E-state index in [1.807, 2.05) is 31.2 Å². The Kier molecular flexibility index (Phi) is 6.33. The van der Waals surface area contributed by atoms with Gasteiger partial charge in [0.15, 0.2) is 5.16 Å². The van der Waals surface area contributed by atoms with Crippen LogP contribution in [-0.2, 0) is 16.1 Å². The van der Waals surface area contributed by atoms with Gasteiger partial charge in [-0.05, 0) is 31.5 Å². The van der Waals surface area contributed by atoms with Gasteiger partial charge in [-0.3, -0.25) is 19.5 Å². The zero-order valence-electron chi connectivity index (χ0n) is 16.3. The third-order valence-corrected chi connectivity index (χ3v) is 5.44. The number of hydrogen-bond donors (Lipinski definition) is 1. The molecule has 1 heterocycles. The number of nitrogens with zero attached hydrogens (tertiary/aromatic N) is 2. The van der Waals surface area contributed by atoms with Crippen molar-refractivity contribution < 1.29 is 14.3 Å². The highest BCUT2D eigenvalue weighted by Crippen LogP contribution is 2.23. The molecule has 0 saturated carbocycles. The van der Waals surface area contributed by atoms with Gasteiger partial charge < -0.3 is 4.74 Å². The fourth-order valence-corrected chi connectivity index (χ4v) is 3.63. The summed E-state index contributed by atoms with van der Waals surface area (Å²) in [6, 6.07) is 15.0. The number of nitrogens with one attached hydrogen (secondary N) is 1. The second-order valence-corrected chi connectivity index (χ2v) is 7.84. The summed E-state index contributed by atoms with van der Waals surface area (Å²) in [4.78, 5) is 41.3. The maximum absolute atomic E-state index is 13.1. The van der Waals surface area contributed by atoms with E-state index in [4.69, 9.17) is 0 Å². The van der Waals surface area contributed by atoms with Crippen molar-refractivity contribution in [1.29, 1.82) is 0 Å². The fraction of sp³-hybridized carbons (Fsp3) is 0.238. The van der Waals surface area contributed by atoms with Crippen molar-refractivity contribution in [2.75, 3.05) is 7.11 Å². The molecule has 2 aromatic carbocycles. The number of amides is 2. The highest BCUT2D eigenvalue weighted by molar-refractivity contribution is 8.00. The number of thioether (sulfide) groups is 1. The first-order valence-corrected chi connectivity index (χ1v) is 9.87. The molecule has 150 valence electrons. The summed E-state index contributed by atoms with van der Waals surface area (Å²) in [6.45, 7) is 3.96. The van der Waals surface area contributed by atoms with Crippen LogP contribution in [0.2, 0.25) is 0 Å². The predicted molar refractivity (Wildman–Crippen MR) is 112 cm³/mol. The molecule has 0 fully saturated rings. The summed E-state index contributed by atoms with van der Waals surface area (Å²) in [5.41, 5.74) is 2.45. The van der Waals surface area contributed by atoms with E-state index in [1.165, 1.54) is 7.11 Å². The number of fused-ring (bicyclic) bond motifs is 1. The smallest absolute Gasteiger partial charge is 0.413 e.